The highest BCUT2D eigenvalue weighted by Crippen LogP contribution is 2.33. The minimum absolute atomic E-state index is 0.202. The highest BCUT2D eigenvalue weighted by molar-refractivity contribution is 5.68. The summed E-state index contributed by atoms with van der Waals surface area (Å²) in [7, 11) is 8.50. The minimum Gasteiger partial charge on any atom is -0.201 e. The van der Waals surface area contributed by atoms with Gasteiger partial charge < -0.3 is 0 Å². The Morgan fingerprint density at radius 3 is 0.987 bits per heavy atom. The average Bonchev–Trinajstić information content (AvgIpc) is 3.40. The van der Waals surface area contributed by atoms with Crippen LogP contribution in [0.5, 0.6) is 0 Å². The van der Waals surface area contributed by atoms with Gasteiger partial charge in [0.2, 0.25) is 22.8 Å². The van der Waals surface area contributed by atoms with Gasteiger partial charge in [0.05, 0.1) is 0 Å². The molecular weight excluding hydrogens is 957 g/mol. The van der Waals surface area contributed by atoms with Gasteiger partial charge in [0.15, 0.2) is 24.8 Å². The van der Waals surface area contributed by atoms with E-state index in [1.54, 1.807) is 0 Å². The Kier molecular flexibility index (Phi) is 21.7. The summed E-state index contributed by atoms with van der Waals surface area (Å²) in [5.41, 5.74) is 32.9. The van der Waals surface area contributed by atoms with Gasteiger partial charge in [-0.3, -0.25) is 0 Å². The van der Waals surface area contributed by atoms with E-state index < -0.39 is 0 Å². The first-order valence-corrected chi connectivity index (χ1v) is 29.2. The third-order valence-corrected chi connectivity index (χ3v) is 16.8. The molecule has 4 heteroatoms. The zero-order valence-corrected chi connectivity index (χ0v) is 54.0. The van der Waals surface area contributed by atoms with Crippen LogP contribution in [0.15, 0.2) is 122 Å². The first-order chi connectivity index (χ1) is 37.0. The molecule has 0 fully saturated rings. The van der Waals surface area contributed by atoms with E-state index in [0.29, 0.717) is 17.8 Å². The number of aromatic nitrogens is 4. The van der Waals surface area contributed by atoms with Gasteiger partial charge in [-0.25, -0.2) is 18.3 Å². The molecule has 4 aromatic carbocycles. The standard InChI is InChI=1S/3C19H26N.C18H24N/c1-13-10-11-20(7)18(15(13)3)17-9-8-16(12-14(17)2)19(4,5)6;1-13(2)11-17-7-8-18(15(4)12-17)19-16(5)14(3)9-10-20(19)6;1-7-13(2)17-8-9-18(15(4)12-17)19-16(5)14(3)10-11-20(19)6;1-12(2)16-7-8-17(14(4)11-16)18-15(5)13(3)9-10-19(18)6/h8-12H,1-7H3;7-10,12-13H,11H2,1-6H3;8-13H,7H2,1-6H3;7-12H,1-6H3/q4*+1. The maximum absolute atomic E-state index is 2.35. The summed E-state index contributed by atoms with van der Waals surface area (Å²) >= 11 is 0. The van der Waals surface area contributed by atoms with E-state index in [9.17, 15) is 0 Å². The van der Waals surface area contributed by atoms with Crippen molar-refractivity contribution in [3.63, 3.8) is 0 Å². The van der Waals surface area contributed by atoms with Crippen molar-refractivity contribution in [2.24, 2.45) is 34.1 Å². The summed E-state index contributed by atoms with van der Waals surface area (Å²) in [6, 6.07) is 36.3. The fourth-order valence-electron chi connectivity index (χ4n) is 10.9. The second kappa shape index (κ2) is 27.1. The molecule has 79 heavy (non-hydrogen) atoms. The quantitative estimate of drug-likeness (QED) is 0.128. The smallest absolute Gasteiger partial charge is 0.201 e. The van der Waals surface area contributed by atoms with Gasteiger partial charge in [-0.1, -0.05) is 111 Å². The molecule has 0 saturated heterocycles. The Morgan fingerprint density at radius 1 is 0.367 bits per heavy atom. The molecule has 0 radical (unpaired) electrons. The van der Waals surface area contributed by atoms with E-state index in [1.165, 1.54) is 140 Å². The number of aryl methyl sites for hydroxylation is 12. The number of nitrogens with zero attached hydrogens (tertiary/aromatic N) is 4. The molecule has 0 bridgehead atoms. The molecule has 0 saturated carbocycles. The van der Waals surface area contributed by atoms with E-state index >= 15 is 0 Å². The van der Waals surface area contributed by atoms with E-state index in [0.717, 1.165) is 6.42 Å². The van der Waals surface area contributed by atoms with Crippen LogP contribution in [0.3, 0.4) is 0 Å². The predicted molar refractivity (Wildman–Crippen MR) is 339 cm³/mol. The van der Waals surface area contributed by atoms with Crippen LogP contribution in [0.4, 0.5) is 0 Å². The van der Waals surface area contributed by atoms with Crippen LogP contribution in [0.25, 0.3) is 45.0 Å². The van der Waals surface area contributed by atoms with Crippen molar-refractivity contribution in [3.05, 3.63) is 211 Å². The third-order valence-electron chi connectivity index (χ3n) is 16.8. The largest absolute Gasteiger partial charge is 0.215 e. The number of rotatable bonds is 9. The Morgan fingerprint density at radius 2 is 0.684 bits per heavy atom. The maximum atomic E-state index is 2.35. The van der Waals surface area contributed by atoms with Crippen molar-refractivity contribution >= 4 is 0 Å². The fourth-order valence-corrected chi connectivity index (χ4v) is 10.9. The highest BCUT2D eigenvalue weighted by Gasteiger charge is 2.23. The zero-order valence-electron chi connectivity index (χ0n) is 54.0. The van der Waals surface area contributed by atoms with Crippen molar-refractivity contribution in [2.75, 3.05) is 0 Å². The van der Waals surface area contributed by atoms with Gasteiger partial charge >= 0.3 is 0 Å². The molecule has 1 unspecified atom stereocenters. The van der Waals surface area contributed by atoms with Gasteiger partial charge in [-0.2, -0.15) is 0 Å². The van der Waals surface area contributed by atoms with Gasteiger partial charge in [0, 0.05) is 68.8 Å². The minimum atomic E-state index is 0.202. The van der Waals surface area contributed by atoms with Crippen LogP contribution in [0.1, 0.15) is 170 Å². The molecular formula is C75H102N4+4. The van der Waals surface area contributed by atoms with Crippen LogP contribution >= 0.6 is 0 Å². The highest BCUT2D eigenvalue weighted by atomic mass is 14.9. The van der Waals surface area contributed by atoms with Crippen molar-refractivity contribution in [1.29, 1.82) is 0 Å². The summed E-state index contributed by atoms with van der Waals surface area (Å²) in [6.07, 6.45) is 10.9. The summed E-state index contributed by atoms with van der Waals surface area (Å²) in [4.78, 5) is 0. The van der Waals surface area contributed by atoms with E-state index in [4.69, 9.17) is 0 Å². The Hall–Kier alpha value is -6.52. The average molecular weight is 1060 g/mol. The number of benzene rings is 4. The maximum Gasteiger partial charge on any atom is 0.215 e. The lowest BCUT2D eigenvalue weighted by Gasteiger charge is -2.20. The molecule has 4 heterocycles. The van der Waals surface area contributed by atoms with E-state index in [2.05, 4.69) is 314 Å². The monoisotopic (exact) mass is 1060 g/mol. The predicted octanol–water partition coefficient (Wildman–Crippen LogP) is 17.5. The first kappa shape index (κ1) is 63.3. The van der Waals surface area contributed by atoms with Gasteiger partial charge in [0.25, 0.3) is 0 Å². The van der Waals surface area contributed by atoms with Gasteiger partial charge in [0.1, 0.15) is 28.2 Å². The van der Waals surface area contributed by atoms with E-state index in [-0.39, 0.29) is 5.41 Å². The fraction of sp³-hybridized carbons (Fsp3) is 0.413. The zero-order chi connectivity index (χ0) is 59.0. The molecule has 1 atom stereocenters. The van der Waals surface area contributed by atoms with Crippen LogP contribution in [-0.2, 0) is 40.0 Å². The van der Waals surface area contributed by atoms with Crippen molar-refractivity contribution in [2.45, 2.75) is 175 Å². The molecule has 0 amide bonds. The van der Waals surface area contributed by atoms with Crippen LogP contribution in [-0.4, -0.2) is 0 Å². The Labute approximate surface area is 481 Å². The molecule has 0 aliphatic carbocycles. The molecule has 8 rings (SSSR count). The Balaban J connectivity index is 0.000000194. The summed E-state index contributed by atoms with van der Waals surface area (Å²) in [5.74, 6) is 1.92. The van der Waals surface area contributed by atoms with Crippen LogP contribution in [0.2, 0.25) is 0 Å². The number of hydrogen-bond acceptors (Lipinski definition) is 0. The molecule has 0 spiro atoms. The lowest BCUT2D eigenvalue weighted by Crippen LogP contribution is -2.32. The molecule has 0 aliphatic rings. The van der Waals surface area contributed by atoms with Gasteiger partial charge in [-0.05, 0) is 210 Å². The molecule has 0 aliphatic heterocycles. The number of pyridine rings is 4. The lowest BCUT2D eigenvalue weighted by molar-refractivity contribution is -0.660. The molecule has 418 valence electrons. The third kappa shape index (κ3) is 15.4. The molecule has 8 aromatic rings. The molecule has 4 aromatic heterocycles. The molecule has 4 nitrogen and oxygen atoms in total. The first-order valence-electron chi connectivity index (χ1n) is 29.2. The summed E-state index contributed by atoms with van der Waals surface area (Å²) in [5, 5.41) is 0. The second-order valence-electron chi connectivity index (χ2n) is 25.0. The van der Waals surface area contributed by atoms with Crippen molar-refractivity contribution in [1.82, 2.24) is 0 Å². The van der Waals surface area contributed by atoms with Crippen LogP contribution < -0.4 is 18.3 Å². The Bertz CT molecular complexity index is 3410. The van der Waals surface area contributed by atoms with Crippen LogP contribution in [0, 0.1) is 89.0 Å². The topological polar surface area (TPSA) is 15.5 Å². The summed E-state index contributed by atoms with van der Waals surface area (Å²) < 4.78 is 8.90. The molecule has 0 N–H and O–H groups in total. The second-order valence-corrected chi connectivity index (χ2v) is 25.0. The summed E-state index contributed by atoms with van der Waals surface area (Å²) in [6.45, 7) is 46.8. The SMILES string of the molecule is CCC(C)c1ccc(-c2c(C)c(C)cc[n+]2C)c(C)c1.Cc1cc(C(C)(C)C)ccc1-c1c(C)c(C)cc[n+]1C.Cc1cc(C(C)C)ccc1-c1c(C)c(C)cc[n+]1C.Cc1cc(CC(C)C)ccc1-c1c(C)c(C)cc[n+]1C. The van der Waals surface area contributed by atoms with Gasteiger partial charge in [-0.15, -0.1) is 0 Å². The lowest BCUT2D eigenvalue weighted by atomic mass is 9.84. The van der Waals surface area contributed by atoms with E-state index in [1.807, 2.05) is 0 Å². The number of hydrogen-bond donors (Lipinski definition) is 0. The van der Waals surface area contributed by atoms with Crippen molar-refractivity contribution in [3.8, 4) is 45.0 Å². The van der Waals surface area contributed by atoms with Crippen molar-refractivity contribution < 1.29 is 18.3 Å². The normalized spacial score (nSPS) is 11.6.